The van der Waals surface area contributed by atoms with Crippen LogP contribution >= 0.6 is 0 Å². The monoisotopic (exact) mass is 513 g/mol. The maximum Gasteiger partial charge on any atom is 0.416 e. The first-order chi connectivity index (χ1) is 17.6. The van der Waals surface area contributed by atoms with Crippen LogP contribution < -0.4 is 4.90 Å². The summed E-state index contributed by atoms with van der Waals surface area (Å²) in [7, 11) is 0. The third-order valence-electron chi connectivity index (χ3n) is 7.88. The molecule has 1 saturated carbocycles. The Balaban J connectivity index is 1.71. The number of amides is 1. The fourth-order valence-corrected chi connectivity index (χ4v) is 5.89. The summed E-state index contributed by atoms with van der Waals surface area (Å²) in [4.78, 5) is 16.0. The minimum atomic E-state index is -4.63. The largest absolute Gasteiger partial charge is 0.465 e. The maximum absolute atomic E-state index is 13.4. The van der Waals surface area contributed by atoms with Gasteiger partial charge in [0.15, 0.2) is 0 Å². The van der Waals surface area contributed by atoms with E-state index in [1.807, 2.05) is 0 Å². The lowest BCUT2D eigenvalue weighted by Gasteiger charge is -2.34. The van der Waals surface area contributed by atoms with E-state index >= 15 is 0 Å². The molecule has 0 radical (unpaired) electrons. The summed E-state index contributed by atoms with van der Waals surface area (Å²) in [6.45, 7) is 5.37. The third-order valence-corrected chi connectivity index (χ3v) is 7.88. The first-order valence-electron chi connectivity index (χ1n) is 13.1. The van der Waals surface area contributed by atoms with Crippen LogP contribution in [0, 0.1) is 17.2 Å². The highest BCUT2D eigenvalue weighted by Gasteiger charge is 2.33. The number of nitrogens with zero attached hydrogens (tertiary/aromatic N) is 3. The molecule has 1 N–H and O–H groups in total. The smallest absolute Gasteiger partial charge is 0.416 e. The Kier molecular flexibility index (Phi) is 8.01. The van der Waals surface area contributed by atoms with Gasteiger partial charge in [-0.1, -0.05) is 18.9 Å². The normalized spacial score (nSPS) is 16.3. The van der Waals surface area contributed by atoms with Crippen molar-refractivity contribution in [2.75, 3.05) is 18.0 Å². The predicted molar refractivity (Wildman–Crippen MR) is 136 cm³/mol. The molecule has 0 aromatic heterocycles. The molecule has 0 heterocycles. The molecular formula is C29H34F3N3O2. The van der Waals surface area contributed by atoms with Gasteiger partial charge in [-0.25, -0.2) is 4.79 Å². The number of carboxylic acid groups (broad SMARTS) is 1. The van der Waals surface area contributed by atoms with Crippen LogP contribution in [0.2, 0.25) is 0 Å². The van der Waals surface area contributed by atoms with Crippen molar-refractivity contribution in [2.24, 2.45) is 5.92 Å². The van der Waals surface area contributed by atoms with Crippen LogP contribution in [0.1, 0.15) is 85.4 Å². The average molecular weight is 514 g/mol. The maximum atomic E-state index is 13.4. The molecule has 1 fully saturated rings. The molecule has 4 rings (SSSR count). The van der Waals surface area contributed by atoms with Crippen molar-refractivity contribution >= 4 is 11.8 Å². The number of anilines is 1. The van der Waals surface area contributed by atoms with Crippen LogP contribution in [0.25, 0.3) is 0 Å². The van der Waals surface area contributed by atoms with Crippen molar-refractivity contribution in [3.05, 3.63) is 63.7 Å². The Labute approximate surface area is 216 Å². The third kappa shape index (κ3) is 6.03. The zero-order chi connectivity index (χ0) is 26.7. The zero-order valence-electron chi connectivity index (χ0n) is 21.4. The molecule has 0 spiro atoms. The van der Waals surface area contributed by atoms with E-state index in [1.54, 1.807) is 13.0 Å². The second kappa shape index (κ2) is 11.0. The van der Waals surface area contributed by atoms with Gasteiger partial charge in [0.05, 0.1) is 23.2 Å². The lowest BCUT2D eigenvalue weighted by Crippen LogP contribution is -2.34. The summed E-state index contributed by atoms with van der Waals surface area (Å²) in [5, 5.41) is 19.4. The molecule has 2 aliphatic carbocycles. The summed E-state index contributed by atoms with van der Waals surface area (Å²) in [5.41, 5.74) is 3.47. The molecule has 0 aliphatic heterocycles. The topological polar surface area (TPSA) is 67.6 Å². The van der Waals surface area contributed by atoms with E-state index in [-0.39, 0.29) is 17.7 Å². The first kappa shape index (κ1) is 26.8. The Hall–Kier alpha value is -3.21. The van der Waals surface area contributed by atoms with Gasteiger partial charge in [-0.05, 0) is 98.4 Å². The SMILES string of the molecule is CCN(CC1CCCC1)c1cc2c(cc1C(C)N(Cc1cc(C#N)cc(C(F)(F)F)c1)C(=O)O)CCC2. The van der Waals surface area contributed by atoms with Crippen LogP contribution in [0.4, 0.5) is 23.7 Å². The van der Waals surface area contributed by atoms with E-state index in [0.717, 1.165) is 55.7 Å². The summed E-state index contributed by atoms with van der Waals surface area (Å²) < 4.78 is 40.3. The first-order valence-corrected chi connectivity index (χ1v) is 13.1. The zero-order valence-corrected chi connectivity index (χ0v) is 21.4. The van der Waals surface area contributed by atoms with Crippen molar-refractivity contribution < 1.29 is 23.1 Å². The van der Waals surface area contributed by atoms with Gasteiger partial charge < -0.3 is 10.0 Å². The molecule has 0 saturated heterocycles. The average Bonchev–Trinajstić information content (AvgIpc) is 3.55. The van der Waals surface area contributed by atoms with E-state index in [0.29, 0.717) is 5.92 Å². The van der Waals surface area contributed by atoms with Crippen molar-refractivity contribution in [1.29, 1.82) is 5.26 Å². The number of hydrogen-bond acceptors (Lipinski definition) is 3. The molecule has 2 aromatic rings. The molecule has 1 unspecified atom stereocenters. The van der Waals surface area contributed by atoms with Crippen molar-refractivity contribution in [3.8, 4) is 6.07 Å². The van der Waals surface area contributed by atoms with Crippen LogP contribution in [0.15, 0.2) is 30.3 Å². The second-order valence-corrected chi connectivity index (χ2v) is 10.3. The number of aryl methyl sites for hydroxylation is 2. The highest BCUT2D eigenvalue weighted by atomic mass is 19.4. The molecule has 198 valence electrons. The van der Waals surface area contributed by atoms with Crippen LogP contribution in [0.5, 0.6) is 0 Å². The lowest BCUT2D eigenvalue weighted by molar-refractivity contribution is -0.137. The Bertz CT molecular complexity index is 1180. The summed E-state index contributed by atoms with van der Waals surface area (Å²) in [5.74, 6) is 0.612. The fourth-order valence-electron chi connectivity index (χ4n) is 5.89. The molecular weight excluding hydrogens is 479 g/mol. The fraction of sp³-hybridized carbons (Fsp3) is 0.517. The van der Waals surface area contributed by atoms with Crippen molar-refractivity contribution in [1.82, 2.24) is 4.90 Å². The lowest BCUT2D eigenvalue weighted by atomic mass is 9.96. The van der Waals surface area contributed by atoms with E-state index in [9.17, 15) is 28.3 Å². The minimum absolute atomic E-state index is 0.140. The predicted octanol–water partition coefficient (Wildman–Crippen LogP) is 7.32. The standard InChI is InChI=1S/C29H34F3N3O2/c1-3-34(17-20-7-4-5-8-20)27-15-24-10-6-9-23(24)14-26(27)19(2)35(28(36)37)18-22-11-21(16-33)12-25(13-22)29(30,31)32/h11-15,19-20H,3-10,17-18H2,1-2H3,(H,36,37). The van der Waals surface area contributed by atoms with E-state index in [4.69, 9.17) is 0 Å². The number of rotatable bonds is 8. The highest BCUT2D eigenvalue weighted by Crippen LogP contribution is 2.38. The molecule has 2 aliphatic rings. The van der Waals surface area contributed by atoms with Crippen molar-refractivity contribution in [2.45, 2.75) is 77.6 Å². The van der Waals surface area contributed by atoms with Crippen LogP contribution in [0.3, 0.4) is 0 Å². The second-order valence-electron chi connectivity index (χ2n) is 10.3. The minimum Gasteiger partial charge on any atom is -0.465 e. The quantitative estimate of drug-likeness (QED) is 0.401. The van der Waals surface area contributed by atoms with Gasteiger partial charge >= 0.3 is 12.3 Å². The summed E-state index contributed by atoms with van der Waals surface area (Å²) >= 11 is 0. The van der Waals surface area contributed by atoms with E-state index in [2.05, 4.69) is 24.0 Å². The molecule has 37 heavy (non-hydrogen) atoms. The summed E-state index contributed by atoms with van der Waals surface area (Å²) in [6, 6.07) is 8.56. The molecule has 8 heteroatoms. The van der Waals surface area contributed by atoms with Gasteiger partial charge in [-0.2, -0.15) is 18.4 Å². The van der Waals surface area contributed by atoms with Gasteiger partial charge in [0, 0.05) is 25.3 Å². The Morgan fingerprint density at radius 3 is 2.38 bits per heavy atom. The number of nitriles is 1. The van der Waals surface area contributed by atoms with Crippen LogP contribution in [-0.2, 0) is 25.6 Å². The van der Waals surface area contributed by atoms with Gasteiger partial charge in [0.1, 0.15) is 0 Å². The number of halogens is 3. The Morgan fingerprint density at radius 1 is 1.11 bits per heavy atom. The number of alkyl halides is 3. The molecule has 2 aromatic carbocycles. The molecule has 1 atom stereocenters. The summed E-state index contributed by atoms with van der Waals surface area (Å²) in [6.07, 6.45) is 2.04. The van der Waals surface area contributed by atoms with Crippen LogP contribution in [-0.4, -0.2) is 29.2 Å². The van der Waals surface area contributed by atoms with E-state index < -0.39 is 23.9 Å². The number of benzene rings is 2. The van der Waals surface area contributed by atoms with Crippen molar-refractivity contribution in [3.63, 3.8) is 0 Å². The van der Waals surface area contributed by atoms with Gasteiger partial charge in [-0.3, -0.25) is 4.90 Å². The molecule has 0 bridgehead atoms. The molecule has 5 nitrogen and oxygen atoms in total. The van der Waals surface area contributed by atoms with Gasteiger partial charge in [-0.15, -0.1) is 0 Å². The van der Waals surface area contributed by atoms with E-state index in [1.165, 1.54) is 47.8 Å². The number of hydrogen-bond donors (Lipinski definition) is 1. The van der Waals surface area contributed by atoms with Gasteiger partial charge in [0.2, 0.25) is 0 Å². The highest BCUT2D eigenvalue weighted by molar-refractivity contribution is 5.68. The number of fused-ring (bicyclic) bond motifs is 1. The Morgan fingerprint density at radius 2 is 1.78 bits per heavy atom. The number of carbonyl (C=O) groups is 1. The van der Waals surface area contributed by atoms with Gasteiger partial charge in [0.25, 0.3) is 0 Å². The molecule has 1 amide bonds.